The quantitative estimate of drug-likeness (QED) is 0.814. The summed E-state index contributed by atoms with van der Waals surface area (Å²) in [6.07, 6.45) is 0.379. The van der Waals surface area contributed by atoms with E-state index < -0.39 is 5.97 Å². The molecule has 0 fully saturated rings. The molecule has 0 saturated carbocycles. The first-order valence-electron chi connectivity index (χ1n) is 7.12. The van der Waals surface area contributed by atoms with Gasteiger partial charge >= 0.3 is 5.97 Å². The summed E-state index contributed by atoms with van der Waals surface area (Å²) in [6, 6.07) is 4.93. The number of ether oxygens (including phenoxy) is 1. The van der Waals surface area contributed by atoms with Crippen molar-refractivity contribution in [2.75, 3.05) is 13.2 Å². The van der Waals surface area contributed by atoms with Crippen molar-refractivity contribution in [2.45, 2.75) is 34.1 Å². The third-order valence-corrected chi connectivity index (χ3v) is 2.82. The highest BCUT2D eigenvalue weighted by Crippen LogP contribution is 2.24. The van der Waals surface area contributed by atoms with Crippen LogP contribution >= 0.6 is 0 Å². The highest BCUT2D eigenvalue weighted by molar-refractivity contribution is 5.66. The van der Waals surface area contributed by atoms with E-state index >= 15 is 0 Å². The van der Waals surface area contributed by atoms with E-state index in [2.05, 4.69) is 6.58 Å². The maximum atomic E-state index is 13.8. The van der Waals surface area contributed by atoms with Crippen molar-refractivity contribution < 1.29 is 19.0 Å². The number of aliphatic hydroxyl groups is 1. The lowest BCUT2D eigenvalue weighted by Gasteiger charge is -2.16. The number of carbonyl (C=O) groups excluding carboxylic acids is 1. The minimum atomic E-state index is -0.398. The third kappa shape index (κ3) is 7.04. The van der Waals surface area contributed by atoms with Gasteiger partial charge in [-0.15, -0.1) is 0 Å². The van der Waals surface area contributed by atoms with E-state index in [0.717, 1.165) is 5.56 Å². The first-order chi connectivity index (χ1) is 9.93. The largest absolute Gasteiger partial charge is 0.465 e. The number of aryl methyl sites for hydroxylation is 1. The van der Waals surface area contributed by atoms with Crippen LogP contribution in [0.2, 0.25) is 0 Å². The Morgan fingerprint density at radius 3 is 2.52 bits per heavy atom. The molecule has 0 radical (unpaired) electrons. The molecule has 4 heteroatoms. The SMILES string of the molecule is C=C(C[C@H](CO)COC(C)=O)c1ccc(C)cc1F.CC. The lowest BCUT2D eigenvalue weighted by Crippen LogP contribution is -2.16. The van der Waals surface area contributed by atoms with Gasteiger partial charge in [-0.05, 0) is 30.5 Å². The van der Waals surface area contributed by atoms with Crippen molar-refractivity contribution in [3.05, 3.63) is 41.7 Å². The molecule has 0 amide bonds. The molecule has 0 aliphatic carbocycles. The molecule has 0 bridgehead atoms. The minimum Gasteiger partial charge on any atom is -0.465 e. The Balaban J connectivity index is 0.00000191. The van der Waals surface area contributed by atoms with Gasteiger partial charge in [0.25, 0.3) is 0 Å². The van der Waals surface area contributed by atoms with Gasteiger partial charge in [-0.2, -0.15) is 0 Å². The number of hydrogen-bond acceptors (Lipinski definition) is 3. The summed E-state index contributed by atoms with van der Waals surface area (Å²) < 4.78 is 18.6. The summed E-state index contributed by atoms with van der Waals surface area (Å²) in [5.41, 5.74) is 1.86. The summed E-state index contributed by atoms with van der Waals surface area (Å²) in [5, 5.41) is 9.22. The van der Waals surface area contributed by atoms with Crippen LogP contribution in [0.3, 0.4) is 0 Å². The van der Waals surface area contributed by atoms with Crippen molar-refractivity contribution in [3.63, 3.8) is 0 Å². The van der Waals surface area contributed by atoms with Crippen LogP contribution in [0.5, 0.6) is 0 Å². The molecule has 1 aromatic carbocycles. The first kappa shape index (κ1) is 19.3. The van der Waals surface area contributed by atoms with Crippen LogP contribution in [0.1, 0.15) is 38.3 Å². The number of hydrogen-bond donors (Lipinski definition) is 1. The number of benzene rings is 1. The Hall–Kier alpha value is -1.68. The average Bonchev–Trinajstić information content (AvgIpc) is 2.45. The lowest BCUT2D eigenvalue weighted by molar-refractivity contribution is -0.142. The van der Waals surface area contributed by atoms with Crippen molar-refractivity contribution in [2.24, 2.45) is 5.92 Å². The molecule has 3 nitrogen and oxygen atoms in total. The topological polar surface area (TPSA) is 46.5 Å². The standard InChI is InChI=1S/C15H19FO3.C2H6/c1-10-4-5-14(15(16)6-10)11(2)7-13(8-17)9-19-12(3)18;1-2/h4-6,13,17H,2,7-9H2,1,3H3;1-2H3/t13-;/m1./s1. The lowest BCUT2D eigenvalue weighted by atomic mass is 9.95. The molecular weight excluding hydrogens is 271 g/mol. The molecule has 0 heterocycles. The van der Waals surface area contributed by atoms with Crippen LogP contribution in [0.15, 0.2) is 24.8 Å². The van der Waals surface area contributed by atoms with Gasteiger partial charge in [0, 0.05) is 25.0 Å². The van der Waals surface area contributed by atoms with Gasteiger partial charge in [0.1, 0.15) is 5.82 Å². The van der Waals surface area contributed by atoms with Crippen LogP contribution in [0, 0.1) is 18.7 Å². The van der Waals surface area contributed by atoms with Crippen LogP contribution in [0.4, 0.5) is 4.39 Å². The number of esters is 1. The minimum absolute atomic E-state index is 0.109. The zero-order valence-electron chi connectivity index (χ0n) is 13.3. The molecule has 1 rings (SSSR count). The van der Waals surface area contributed by atoms with Gasteiger partial charge in [0.15, 0.2) is 0 Å². The molecule has 0 spiro atoms. The number of aliphatic hydroxyl groups excluding tert-OH is 1. The van der Waals surface area contributed by atoms with Crippen LogP contribution in [-0.4, -0.2) is 24.3 Å². The number of halogens is 1. The van der Waals surface area contributed by atoms with Crippen molar-refractivity contribution in [3.8, 4) is 0 Å². The second-order valence-corrected chi connectivity index (χ2v) is 4.64. The second-order valence-electron chi connectivity index (χ2n) is 4.64. The van der Waals surface area contributed by atoms with E-state index in [0.29, 0.717) is 17.6 Å². The zero-order chi connectivity index (χ0) is 16.4. The third-order valence-electron chi connectivity index (χ3n) is 2.82. The molecular formula is C17H25FO3. The van der Waals surface area contributed by atoms with Crippen LogP contribution < -0.4 is 0 Å². The summed E-state index contributed by atoms with van der Waals surface area (Å²) in [5.74, 6) is -0.989. The number of carbonyl (C=O) groups is 1. The second kappa shape index (κ2) is 10.1. The Bertz CT molecular complexity index is 469. The Labute approximate surface area is 126 Å². The average molecular weight is 296 g/mol. The van der Waals surface area contributed by atoms with E-state index in [1.54, 1.807) is 6.07 Å². The highest BCUT2D eigenvalue weighted by Gasteiger charge is 2.14. The van der Waals surface area contributed by atoms with Crippen molar-refractivity contribution in [1.29, 1.82) is 0 Å². The molecule has 1 atom stereocenters. The predicted molar refractivity (Wildman–Crippen MR) is 83.3 cm³/mol. The van der Waals surface area contributed by atoms with E-state index in [4.69, 9.17) is 4.74 Å². The molecule has 0 aliphatic heterocycles. The molecule has 21 heavy (non-hydrogen) atoms. The Morgan fingerprint density at radius 1 is 1.43 bits per heavy atom. The van der Waals surface area contributed by atoms with Crippen molar-refractivity contribution >= 4 is 11.5 Å². The van der Waals surface area contributed by atoms with Gasteiger partial charge in [-0.1, -0.05) is 32.6 Å². The molecule has 0 aliphatic rings. The molecule has 0 saturated heterocycles. The van der Waals surface area contributed by atoms with Gasteiger partial charge in [0.2, 0.25) is 0 Å². The summed E-state index contributed by atoms with van der Waals surface area (Å²) in [6.45, 7) is 10.9. The Morgan fingerprint density at radius 2 is 2.05 bits per heavy atom. The van der Waals surface area contributed by atoms with Gasteiger partial charge in [0.05, 0.1) is 6.61 Å². The van der Waals surface area contributed by atoms with E-state index in [1.807, 2.05) is 26.8 Å². The fourth-order valence-electron chi connectivity index (χ4n) is 1.78. The fourth-order valence-corrected chi connectivity index (χ4v) is 1.78. The smallest absolute Gasteiger partial charge is 0.302 e. The van der Waals surface area contributed by atoms with Gasteiger partial charge in [-0.25, -0.2) is 4.39 Å². The maximum absolute atomic E-state index is 13.8. The van der Waals surface area contributed by atoms with Gasteiger partial charge < -0.3 is 9.84 Å². The van der Waals surface area contributed by atoms with E-state index in [-0.39, 0.29) is 24.9 Å². The molecule has 0 unspecified atom stereocenters. The summed E-state index contributed by atoms with van der Waals surface area (Å²) >= 11 is 0. The predicted octanol–water partition coefficient (Wildman–Crippen LogP) is 3.74. The van der Waals surface area contributed by atoms with E-state index in [9.17, 15) is 14.3 Å². The summed E-state index contributed by atoms with van der Waals surface area (Å²) in [4.78, 5) is 10.7. The highest BCUT2D eigenvalue weighted by atomic mass is 19.1. The fraction of sp³-hybridized carbons (Fsp3) is 0.471. The number of allylic oxidation sites excluding steroid dienone is 1. The molecule has 1 aromatic rings. The first-order valence-corrected chi connectivity index (χ1v) is 7.12. The Kier molecular flexibility index (Phi) is 9.30. The molecule has 1 N–H and O–H groups in total. The zero-order valence-corrected chi connectivity index (χ0v) is 13.3. The monoisotopic (exact) mass is 296 g/mol. The van der Waals surface area contributed by atoms with Gasteiger partial charge in [-0.3, -0.25) is 4.79 Å². The van der Waals surface area contributed by atoms with E-state index in [1.165, 1.54) is 13.0 Å². The molecule has 0 aromatic heterocycles. The van der Waals surface area contributed by atoms with Crippen LogP contribution in [-0.2, 0) is 9.53 Å². The molecule has 118 valence electrons. The van der Waals surface area contributed by atoms with Crippen molar-refractivity contribution in [1.82, 2.24) is 0 Å². The maximum Gasteiger partial charge on any atom is 0.302 e. The van der Waals surface area contributed by atoms with Crippen LogP contribution in [0.25, 0.3) is 5.57 Å². The summed E-state index contributed by atoms with van der Waals surface area (Å²) in [7, 11) is 0. The number of rotatable bonds is 6. The normalized spacial score (nSPS) is 11.1.